The zero-order chi connectivity index (χ0) is 33.2. The van der Waals surface area contributed by atoms with Crippen LogP contribution in [0.2, 0.25) is 5.02 Å². The van der Waals surface area contributed by atoms with Crippen molar-refractivity contribution in [2.45, 2.75) is 24.0 Å². The highest BCUT2D eigenvalue weighted by Gasteiger charge is 2.32. The van der Waals surface area contributed by atoms with Crippen molar-refractivity contribution in [3.8, 4) is 11.5 Å². The zero-order valence-electron chi connectivity index (χ0n) is 25.9. The third-order valence-corrected chi connectivity index (χ3v) is 9.87. The van der Waals surface area contributed by atoms with Crippen molar-refractivity contribution in [1.82, 2.24) is 14.5 Å². The molecule has 1 atom stereocenters. The number of hydrogen-bond donors (Lipinski definition) is 1. The third kappa shape index (κ3) is 8.69. The molecule has 10 nitrogen and oxygen atoms in total. The van der Waals surface area contributed by atoms with Crippen molar-refractivity contribution < 1.29 is 32.2 Å². The molecule has 246 valence electrons. The summed E-state index contributed by atoms with van der Waals surface area (Å²) in [5.74, 6) is 0.103. The van der Waals surface area contributed by atoms with Gasteiger partial charge in [0.1, 0.15) is 17.5 Å². The highest BCUT2D eigenvalue weighted by Crippen LogP contribution is 2.26. The molecular weight excluding hydrogens is 642 g/mol. The number of carbonyl (C=O) groups is 2. The molecule has 0 saturated carbocycles. The van der Waals surface area contributed by atoms with Gasteiger partial charge < -0.3 is 24.4 Å². The summed E-state index contributed by atoms with van der Waals surface area (Å²) in [5.41, 5.74) is 2.16. The minimum atomic E-state index is -3.68. The predicted molar refractivity (Wildman–Crippen MR) is 178 cm³/mol. The molecule has 0 bridgehead atoms. The van der Waals surface area contributed by atoms with Gasteiger partial charge in [-0.3, -0.25) is 9.59 Å². The van der Waals surface area contributed by atoms with Gasteiger partial charge in [0.05, 0.1) is 25.2 Å². The molecule has 4 aromatic rings. The van der Waals surface area contributed by atoms with Gasteiger partial charge >= 0.3 is 0 Å². The van der Waals surface area contributed by atoms with Crippen LogP contribution in [0.25, 0.3) is 0 Å². The first-order valence-corrected chi connectivity index (χ1v) is 16.9. The van der Waals surface area contributed by atoms with E-state index < -0.39 is 28.6 Å². The van der Waals surface area contributed by atoms with Crippen LogP contribution in [0.5, 0.6) is 11.5 Å². The quantitative estimate of drug-likeness (QED) is 0.216. The largest absolute Gasteiger partial charge is 0.496 e. The van der Waals surface area contributed by atoms with Crippen molar-refractivity contribution in [1.29, 1.82) is 0 Å². The number of carbonyl (C=O) groups excluding carboxylic acids is 2. The minimum absolute atomic E-state index is 0.0950. The number of para-hydroxylation sites is 1. The maximum Gasteiger partial charge on any atom is 0.261 e. The molecule has 0 radical (unpaired) electrons. The SMILES string of the molecule is COc1ccccc1CNC(=O)C(c1ccccc1)N(Cc1ccc(Cl)cc1)C(=O)COc1ccc(S(=O)(=O)N2CCOCC2)cc1. The van der Waals surface area contributed by atoms with Crippen LogP contribution in [0.4, 0.5) is 0 Å². The number of sulfonamides is 1. The van der Waals surface area contributed by atoms with E-state index in [1.54, 1.807) is 43.5 Å². The second kappa shape index (κ2) is 15.9. The summed E-state index contributed by atoms with van der Waals surface area (Å²) in [5, 5.41) is 3.52. The van der Waals surface area contributed by atoms with Gasteiger partial charge in [0.2, 0.25) is 15.9 Å². The summed E-state index contributed by atoms with van der Waals surface area (Å²) in [6, 6.07) is 28.4. The number of halogens is 1. The molecule has 4 aromatic carbocycles. The van der Waals surface area contributed by atoms with Crippen molar-refractivity contribution >= 4 is 33.4 Å². The molecule has 47 heavy (non-hydrogen) atoms. The number of ether oxygens (including phenoxy) is 3. The Labute approximate surface area is 279 Å². The summed E-state index contributed by atoms with van der Waals surface area (Å²) in [7, 11) is -2.12. The second-order valence-electron chi connectivity index (χ2n) is 10.8. The molecule has 1 saturated heterocycles. The van der Waals surface area contributed by atoms with E-state index in [9.17, 15) is 18.0 Å². The lowest BCUT2D eigenvalue weighted by atomic mass is 10.0. The number of benzene rings is 4. The maximum atomic E-state index is 14.0. The lowest BCUT2D eigenvalue weighted by Crippen LogP contribution is -2.45. The maximum absolute atomic E-state index is 14.0. The second-order valence-corrected chi connectivity index (χ2v) is 13.1. The molecule has 1 aliphatic heterocycles. The summed E-state index contributed by atoms with van der Waals surface area (Å²) >= 11 is 6.12. The van der Waals surface area contributed by atoms with E-state index in [-0.39, 0.29) is 37.0 Å². The van der Waals surface area contributed by atoms with Crippen LogP contribution < -0.4 is 14.8 Å². The zero-order valence-corrected chi connectivity index (χ0v) is 27.5. The van der Waals surface area contributed by atoms with E-state index >= 15 is 0 Å². The summed E-state index contributed by atoms with van der Waals surface area (Å²) in [4.78, 5) is 29.5. The Bertz CT molecular complexity index is 1750. The first kappa shape index (κ1) is 33.9. The molecule has 2 amide bonds. The number of nitrogens with zero attached hydrogens (tertiary/aromatic N) is 2. The fourth-order valence-electron chi connectivity index (χ4n) is 5.22. The number of nitrogens with one attached hydrogen (secondary N) is 1. The first-order chi connectivity index (χ1) is 22.8. The number of morpholine rings is 1. The van der Waals surface area contributed by atoms with Gasteiger partial charge in [-0.2, -0.15) is 4.31 Å². The summed E-state index contributed by atoms with van der Waals surface area (Å²) in [6.07, 6.45) is 0. The van der Waals surface area contributed by atoms with Crippen molar-refractivity contribution in [3.63, 3.8) is 0 Å². The number of hydrogen-bond acceptors (Lipinski definition) is 7. The molecule has 1 N–H and O–H groups in total. The molecule has 5 rings (SSSR count). The van der Waals surface area contributed by atoms with Crippen LogP contribution >= 0.6 is 11.6 Å². The summed E-state index contributed by atoms with van der Waals surface area (Å²) in [6.45, 7) is 1.14. The van der Waals surface area contributed by atoms with Crippen LogP contribution in [0.3, 0.4) is 0 Å². The standard InChI is InChI=1S/C35H36ClN3O7S/c1-44-32-10-6-5-9-28(32)23-37-35(41)34(27-7-3-2-4-8-27)39(24-26-11-13-29(36)14-12-26)33(40)25-46-30-15-17-31(18-16-30)47(42,43)38-19-21-45-22-20-38/h2-18,34H,19-25H2,1H3,(H,37,41). The average molecular weight is 678 g/mol. The van der Waals surface area contributed by atoms with Crippen LogP contribution in [0.1, 0.15) is 22.7 Å². The van der Waals surface area contributed by atoms with Crippen LogP contribution in [-0.4, -0.2) is 69.5 Å². The molecule has 12 heteroatoms. The van der Waals surface area contributed by atoms with Crippen molar-refractivity contribution in [3.05, 3.63) is 125 Å². The fraction of sp³-hybridized carbons (Fsp3) is 0.257. The topological polar surface area (TPSA) is 114 Å². The minimum Gasteiger partial charge on any atom is -0.496 e. The molecule has 0 aromatic heterocycles. The van der Waals surface area contributed by atoms with E-state index in [2.05, 4.69) is 5.32 Å². The van der Waals surface area contributed by atoms with E-state index in [1.165, 1.54) is 33.5 Å². The Morgan fingerprint density at radius 1 is 0.915 bits per heavy atom. The van der Waals surface area contributed by atoms with E-state index in [0.717, 1.165) is 11.1 Å². The highest BCUT2D eigenvalue weighted by molar-refractivity contribution is 7.89. The van der Waals surface area contributed by atoms with E-state index in [1.807, 2.05) is 42.5 Å². The van der Waals surface area contributed by atoms with Gasteiger partial charge in [0, 0.05) is 36.8 Å². The van der Waals surface area contributed by atoms with Gasteiger partial charge in [-0.25, -0.2) is 8.42 Å². The Kier molecular flexibility index (Phi) is 11.5. The number of amides is 2. The van der Waals surface area contributed by atoms with Crippen LogP contribution in [-0.2, 0) is 37.4 Å². The van der Waals surface area contributed by atoms with E-state index in [0.29, 0.717) is 35.3 Å². The van der Waals surface area contributed by atoms with Gasteiger partial charge in [0.15, 0.2) is 6.61 Å². The first-order valence-electron chi connectivity index (χ1n) is 15.1. The third-order valence-electron chi connectivity index (χ3n) is 7.70. The molecule has 0 spiro atoms. The van der Waals surface area contributed by atoms with Gasteiger partial charge in [-0.1, -0.05) is 72.3 Å². The molecular formula is C35H36ClN3O7S. The fourth-order valence-corrected chi connectivity index (χ4v) is 6.75. The van der Waals surface area contributed by atoms with Crippen molar-refractivity contribution in [2.75, 3.05) is 40.0 Å². The molecule has 1 fully saturated rings. The Morgan fingerprint density at radius 3 is 2.26 bits per heavy atom. The van der Waals surface area contributed by atoms with Crippen molar-refractivity contribution in [2.24, 2.45) is 0 Å². The Balaban J connectivity index is 1.37. The smallest absolute Gasteiger partial charge is 0.261 e. The molecule has 1 unspecified atom stereocenters. The predicted octanol–water partition coefficient (Wildman–Crippen LogP) is 4.83. The lowest BCUT2D eigenvalue weighted by molar-refractivity contribution is -0.143. The Morgan fingerprint density at radius 2 is 1.57 bits per heavy atom. The lowest BCUT2D eigenvalue weighted by Gasteiger charge is -2.31. The average Bonchev–Trinajstić information content (AvgIpc) is 3.11. The number of methoxy groups -OCH3 is 1. The summed E-state index contributed by atoms with van der Waals surface area (Å²) < 4.78 is 44.0. The highest BCUT2D eigenvalue weighted by atomic mass is 35.5. The molecule has 0 aliphatic carbocycles. The normalized spacial score (nSPS) is 14.2. The molecule has 1 heterocycles. The van der Waals surface area contributed by atoms with Crippen LogP contribution in [0, 0.1) is 0 Å². The van der Waals surface area contributed by atoms with Crippen LogP contribution in [0.15, 0.2) is 108 Å². The van der Waals surface area contributed by atoms with Gasteiger partial charge in [-0.15, -0.1) is 0 Å². The number of rotatable bonds is 13. The molecule has 1 aliphatic rings. The Hall–Kier alpha value is -4.42. The monoisotopic (exact) mass is 677 g/mol. The van der Waals surface area contributed by atoms with Gasteiger partial charge in [0.25, 0.3) is 5.91 Å². The van der Waals surface area contributed by atoms with E-state index in [4.69, 9.17) is 25.8 Å². The van der Waals surface area contributed by atoms with Gasteiger partial charge in [-0.05, 0) is 53.6 Å².